The second-order valence-electron chi connectivity index (χ2n) is 2.47. The van der Waals surface area contributed by atoms with Gasteiger partial charge in [0, 0.05) is 7.11 Å². The van der Waals surface area contributed by atoms with Crippen LogP contribution in [0.2, 0.25) is 0 Å². The van der Waals surface area contributed by atoms with Crippen molar-refractivity contribution in [3.05, 3.63) is 0 Å². The number of aliphatic hydroxyl groups is 1. The number of aliphatic hydroxyl groups excluding tert-OH is 1. The maximum absolute atomic E-state index is 12.9. The number of rotatable bonds is 2. The Morgan fingerprint density at radius 1 is 1.73 bits per heavy atom. The third-order valence-corrected chi connectivity index (χ3v) is 1.78. The van der Waals surface area contributed by atoms with Crippen LogP contribution in [0.5, 0.6) is 0 Å². The molecule has 1 N–H and O–H groups in total. The van der Waals surface area contributed by atoms with E-state index >= 15 is 0 Å². The average molecular weight is 160 g/mol. The molecule has 62 valence electrons. The number of halogens is 1. The molecule has 0 aromatic heterocycles. The summed E-state index contributed by atoms with van der Waals surface area (Å²) in [7, 11) is 6.58. The summed E-state index contributed by atoms with van der Waals surface area (Å²) in [6, 6.07) is -0.975. The highest BCUT2D eigenvalue weighted by Crippen LogP contribution is 2.23. The Morgan fingerprint density at radius 2 is 2.36 bits per heavy atom. The molecule has 5 heteroatoms. The molecule has 0 aromatic carbocycles. The molecule has 0 aliphatic carbocycles. The molecule has 11 heavy (non-hydrogen) atoms. The van der Waals surface area contributed by atoms with Gasteiger partial charge in [-0.1, -0.05) is 0 Å². The number of methoxy groups -OCH3 is 1. The van der Waals surface area contributed by atoms with Crippen LogP contribution in [0.25, 0.3) is 0 Å². The van der Waals surface area contributed by atoms with Gasteiger partial charge in [-0.15, -0.1) is 0 Å². The molecule has 4 atom stereocenters. The molecule has 1 fully saturated rings. The smallest absolute Gasteiger partial charge is 0.146 e. The van der Waals surface area contributed by atoms with E-state index < -0.39 is 24.4 Å². The maximum Gasteiger partial charge on any atom is 0.146 e. The summed E-state index contributed by atoms with van der Waals surface area (Å²) in [5.74, 6) is 0. The topological polar surface area (TPSA) is 38.7 Å². The van der Waals surface area contributed by atoms with Crippen LogP contribution in [0.1, 0.15) is 0 Å². The first kappa shape index (κ1) is 8.97. The zero-order valence-electron chi connectivity index (χ0n) is 6.24. The molecule has 1 saturated heterocycles. The summed E-state index contributed by atoms with van der Waals surface area (Å²) in [5.41, 5.74) is 0. The van der Waals surface area contributed by atoms with Crippen molar-refractivity contribution in [1.29, 1.82) is 0 Å². The fourth-order valence-electron chi connectivity index (χ4n) is 1.18. The molecule has 0 bridgehead atoms. The van der Waals surface area contributed by atoms with Crippen LogP contribution in [0.3, 0.4) is 0 Å². The zero-order chi connectivity index (χ0) is 8.43. The lowest BCUT2D eigenvalue weighted by molar-refractivity contribution is -0.0248. The van der Waals surface area contributed by atoms with E-state index in [0.717, 1.165) is 0 Å². The van der Waals surface area contributed by atoms with Gasteiger partial charge in [0.2, 0.25) is 0 Å². The lowest BCUT2D eigenvalue weighted by Crippen LogP contribution is -2.33. The Kier molecular flexibility index (Phi) is 2.87. The SMILES string of the molecule is [B][C@@H]1O[C@H](CO)C(OC)C1F. The zero-order valence-corrected chi connectivity index (χ0v) is 6.24. The second-order valence-corrected chi connectivity index (χ2v) is 2.47. The maximum atomic E-state index is 12.9. The minimum Gasteiger partial charge on any atom is -0.394 e. The van der Waals surface area contributed by atoms with Gasteiger partial charge in [0.25, 0.3) is 0 Å². The molecule has 1 aliphatic rings. The average Bonchev–Trinajstić information content (AvgIpc) is 2.28. The molecule has 1 aliphatic heterocycles. The van der Waals surface area contributed by atoms with Gasteiger partial charge in [-0.05, 0) is 0 Å². The molecule has 0 amide bonds. The van der Waals surface area contributed by atoms with Crippen molar-refractivity contribution in [2.45, 2.75) is 24.4 Å². The fourth-order valence-corrected chi connectivity index (χ4v) is 1.18. The molecular formula is C6H10BFO3. The Bertz CT molecular complexity index is 135. The van der Waals surface area contributed by atoms with Crippen molar-refractivity contribution in [1.82, 2.24) is 0 Å². The van der Waals surface area contributed by atoms with Crippen LogP contribution < -0.4 is 0 Å². The first-order chi connectivity index (χ1) is 5.20. The van der Waals surface area contributed by atoms with Gasteiger partial charge in [0.1, 0.15) is 26.2 Å². The van der Waals surface area contributed by atoms with E-state index in [1.54, 1.807) is 0 Å². The summed E-state index contributed by atoms with van der Waals surface area (Å²) in [4.78, 5) is 0. The summed E-state index contributed by atoms with van der Waals surface area (Å²) >= 11 is 0. The van der Waals surface area contributed by atoms with E-state index in [1.165, 1.54) is 7.11 Å². The van der Waals surface area contributed by atoms with Gasteiger partial charge in [-0.2, -0.15) is 0 Å². The Balaban J connectivity index is 2.57. The summed E-state index contributed by atoms with van der Waals surface area (Å²) in [6.07, 6.45) is -2.72. The molecule has 0 aromatic rings. The Hall–Kier alpha value is -0.125. The van der Waals surface area contributed by atoms with Crippen LogP contribution in [-0.4, -0.2) is 51.1 Å². The lowest BCUT2D eigenvalue weighted by Gasteiger charge is -2.14. The fraction of sp³-hybridized carbons (Fsp3) is 1.00. The van der Waals surface area contributed by atoms with Crippen molar-refractivity contribution < 1.29 is 19.0 Å². The number of hydrogen-bond donors (Lipinski definition) is 1. The van der Waals surface area contributed by atoms with Crippen LogP contribution >= 0.6 is 0 Å². The van der Waals surface area contributed by atoms with E-state index in [0.29, 0.717) is 0 Å². The largest absolute Gasteiger partial charge is 0.394 e. The molecule has 0 spiro atoms. The minimum atomic E-state index is -1.35. The van der Waals surface area contributed by atoms with Crippen molar-refractivity contribution >= 4 is 7.85 Å². The standard InChI is InChI=1S/C6H10BFO3/c1-10-5-3(2-9)11-6(7)4(5)8/h3-6,9H,2H2,1H3/t3-,4?,5?,6-/m1/s1. The first-order valence-electron chi connectivity index (χ1n) is 3.39. The van der Waals surface area contributed by atoms with Crippen LogP contribution in [-0.2, 0) is 9.47 Å². The highest BCUT2D eigenvalue weighted by Gasteiger charge is 2.42. The lowest BCUT2D eigenvalue weighted by atomic mass is 9.94. The number of ether oxygens (including phenoxy) is 2. The van der Waals surface area contributed by atoms with Gasteiger partial charge >= 0.3 is 0 Å². The van der Waals surface area contributed by atoms with E-state index in [2.05, 4.69) is 0 Å². The van der Waals surface area contributed by atoms with Gasteiger partial charge in [0.05, 0.1) is 12.6 Å². The predicted octanol–water partition coefficient (Wildman–Crippen LogP) is -0.775. The number of alkyl halides is 1. The Labute approximate surface area is 65.9 Å². The van der Waals surface area contributed by atoms with Crippen molar-refractivity contribution in [3.8, 4) is 0 Å². The third-order valence-electron chi connectivity index (χ3n) is 1.78. The van der Waals surface area contributed by atoms with E-state index in [9.17, 15) is 4.39 Å². The molecule has 0 saturated carbocycles. The third kappa shape index (κ3) is 1.55. The van der Waals surface area contributed by atoms with Crippen LogP contribution in [0, 0.1) is 0 Å². The quantitative estimate of drug-likeness (QED) is 0.538. The second kappa shape index (κ2) is 3.52. The molecule has 3 nitrogen and oxygen atoms in total. The van der Waals surface area contributed by atoms with Gasteiger partial charge < -0.3 is 14.6 Å². The molecular weight excluding hydrogens is 150 g/mol. The van der Waals surface area contributed by atoms with E-state index in [1.807, 2.05) is 0 Å². The highest BCUT2D eigenvalue weighted by molar-refractivity contribution is 6.11. The summed E-state index contributed by atoms with van der Waals surface area (Å²) < 4.78 is 22.5. The van der Waals surface area contributed by atoms with Crippen molar-refractivity contribution in [2.75, 3.05) is 13.7 Å². The van der Waals surface area contributed by atoms with Crippen molar-refractivity contribution in [3.63, 3.8) is 0 Å². The Morgan fingerprint density at radius 3 is 2.73 bits per heavy atom. The molecule has 2 unspecified atom stereocenters. The van der Waals surface area contributed by atoms with Crippen molar-refractivity contribution in [2.24, 2.45) is 0 Å². The van der Waals surface area contributed by atoms with Gasteiger partial charge in [-0.25, -0.2) is 4.39 Å². The normalized spacial score (nSPS) is 44.6. The highest BCUT2D eigenvalue weighted by atomic mass is 19.1. The summed E-state index contributed by atoms with van der Waals surface area (Å²) in [6.45, 7) is -0.271. The predicted molar refractivity (Wildman–Crippen MR) is 37.2 cm³/mol. The monoisotopic (exact) mass is 160 g/mol. The van der Waals surface area contributed by atoms with Crippen LogP contribution in [0.4, 0.5) is 4.39 Å². The molecule has 1 heterocycles. The van der Waals surface area contributed by atoms with Crippen LogP contribution in [0.15, 0.2) is 0 Å². The van der Waals surface area contributed by atoms with E-state index in [4.69, 9.17) is 22.4 Å². The van der Waals surface area contributed by atoms with Gasteiger partial charge in [0.15, 0.2) is 0 Å². The van der Waals surface area contributed by atoms with Gasteiger partial charge in [-0.3, -0.25) is 0 Å². The molecule has 2 radical (unpaired) electrons. The number of hydrogen-bond acceptors (Lipinski definition) is 3. The van der Waals surface area contributed by atoms with E-state index in [-0.39, 0.29) is 6.61 Å². The minimum absolute atomic E-state index is 0.271. The first-order valence-corrected chi connectivity index (χ1v) is 3.39. The summed E-state index contributed by atoms with van der Waals surface area (Å²) in [5, 5.41) is 8.68. The molecule has 1 rings (SSSR count).